The maximum atomic E-state index is 12.9. The highest BCUT2D eigenvalue weighted by Crippen LogP contribution is 2.27. The van der Waals surface area contributed by atoms with E-state index in [1.54, 1.807) is 0 Å². The quantitative estimate of drug-likeness (QED) is 0.331. The molecule has 2 aromatic heterocycles. The number of carbonyl (C=O) groups excluding carboxylic acids is 1. The summed E-state index contributed by atoms with van der Waals surface area (Å²) < 4.78 is 82.5. The van der Waals surface area contributed by atoms with Crippen LogP contribution in [0.15, 0.2) is 58.1 Å². The predicted octanol–water partition coefficient (Wildman–Crippen LogP) is 4.40. The standard InChI is InChI=1S/C21H10F6N2O5/c22-20(23,24)33-11-1-3-15-9(5-11)7-13(18(31)28-15)17(30)14-8-10-6-12(34-21(25,26)27)2-4-16(10)29-19(14)32/h1-8H,(H,28,31)(H,29,32). The lowest BCUT2D eigenvalue weighted by molar-refractivity contribution is -0.275. The fraction of sp³-hybridized carbons (Fsp3) is 0.0952. The van der Waals surface area contributed by atoms with Crippen molar-refractivity contribution in [1.29, 1.82) is 0 Å². The second kappa shape index (κ2) is 7.93. The molecule has 0 bridgehead atoms. The molecule has 0 unspecified atom stereocenters. The van der Waals surface area contributed by atoms with Gasteiger partial charge in [0.2, 0.25) is 5.78 Å². The van der Waals surface area contributed by atoms with E-state index in [0.29, 0.717) is 0 Å². The van der Waals surface area contributed by atoms with Crippen LogP contribution in [0.3, 0.4) is 0 Å². The number of rotatable bonds is 4. The van der Waals surface area contributed by atoms with Crippen LogP contribution in [0.25, 0.3) is 21.8 Å². The van der Waals surface area contributed by atoms with E-state index in [1.807, 2.05) is 0 Å². The Bertz CT molecular complexity index is 1440. The molecule has 0 spiro atoms. The van der Waals surface area contributed by atoms with Crippen molar-refractivity contribution in [3.8, 4) is 11.5 Å². The Balaban J connectivity index is 1.79. The smallest absolute Gasteiger partial charge is 0.406 e. The lowest BCUT2D eigenvalue weighted by atomic mass is 10.0. The van der Waals surface area contributed by atoms with Gasteiger partial charge in [-0.1, -0.05) is 0 Å². The van der Waals surface area contributed by atoms with E-state index >= 15 is 0 Å². The van der Waals surface area contributed by atoms with Crippen LogP contribution in [-0.2, 0) is 0 Å². The molecule has 7 nitrogen and oxygen atoms in total. The molecule has 2 heterocycles. The van der Waals surface area contributed by atoms with Crippen LogP contribution in [0.2, 0.25) is 0 Å². The molecule has 4 aromatic rings. The van der Waals surface area contributed by atoms with Crippen molar-refractivity contribution in [2.75, 3.05) is 0 Å². The number of alkyl halides is 6. The molecule has 0 aliphatic heterocycles. The molecule has 0 saturated carbocycles. The van der Waals surface area contributed by atoms with Crippen molar-refractivity contribution in [2.24, 2.45) is 0 Å². The molecule has 0 saturated heterocycles. The van der Waals surface area contributed by atoms with Crippen molar-refractivity contribution in [3.63, 3.8) is 0 Å². The first kappa shape index (κ1) is 22.9. The fourth-order valence-electron chi connectivity index (χ4n) is 3.25. The first-order valence-corrected chi connectivity index (χ1v) is 9.19. The number of H-pyrrole nitrogens is 2. The van der Waals surface area contributed by atoms with Gasteiger partial charge in [0.05, 0.1) is 11.1 Å². The first-order valence-electron chi connectivity index (χ1n) is 9.19. The van der Waals surface area contributed by atoms with Crippen molar-refractivity contribution < 1.29 is 40.6 Å². The predicted molar refractivity (Wildman–Crippen MR) is 106 cm³/mol. The summed E-state index contributed by atoms with van der Waals surface area (Å²) in [5.41, 5.74) is -2.84. The zero-order valence-electron chi connectivity index (χ0n) is 16.4. The molecule has 0 atom stereocenters. The Morgan fingerprint density at radius 3 is 1.38 bits per heavy atom. The molecule has 0 radical (unpaired) electrons. The van der Waals surface area contributed by atoms with E-state index in [4.69, 9.17) is 0 Å². The van der Waals surface area contributed by atoms with Gasteiger partial charge in [0.25, 0.3) is 11.1 Å². The van der Waals surface area contributed by atoms with Gasteiger partial charge in [-0.25, -0.2) is 0 Å². The van der Waals surface area contributed by atoms with Crippen LogP contribution in [-0.4, -0.2) is 28.5 Å². The normalized spacial score (nSPS) is 12.2. The van der Waals surface area contributed by atoms with Crippen LogP contribution >= 0.6 is 0 Å². The number of hydrogen-bond acceptors (Lipinski definition) is 5. The van der Waals surface area contributed by atoms with Gasteiger partial charge in [-0.05, 0) is 48.5 Å². The van der Waals surface area contributed by atoms with Crippen molar-refractivity contribution in [1.82, 2.24) is 9.97 Å². The molecule has 0 aliphatic carbocycles. The van der Waals surface area contributed by atoms with Gasteiger partial charge in [-0.15, -0.1) is 26.3 Å². The van der Waals surface area contributed by atoms with Crippen molar-refractivity contribution in [2.45, 2.75) is 12.7 Å². The number of hydrogen-bond donors (Lipinski definition) is 2. The second-order valence-electron chi connectivity index (χ2n) is 6.95. The Morgan fingerprint density at radius 2 is 1.03 bits per heavy atom. The van der Waals surface area contributed by atoms with E-state index in [1.165, 1.54) is 0 Å². The minimum absolute atomic E-state index is 0.00258. The lowest BCUT2D eigenvalue weighted by Gasteiger charge is -2.10. The Labute approximate surface area is 183 Å². The number of aromatic amines is 2. The number of benzene rings is 2. The fourth-order valence-corrected chi connectivity index (χ4v) is 3.25. The molecule has 0 amide bonds. The average Bonchev–Trinajstić information content (AvgIpc) is 2.70. The third-order valence-corrected chi connectivity index (χ3v) is 4.59. The zero-order valence-corrected chi connectivity index (χ0v) is 16.4. The Morgan fingerprint density at radius 1 is 0.647 bits per heavy atom. The maximum Gasteiger partial charge on any atom is 0.573 e. The topological polar surface area (TPSA) is 101 Å². The SMILES string of the molecule is O=C(c1cc2cc(OC(F)(F)F)ccc2[nH]c1=O)c1cc2cc(OC(F)(F)F)ccc2[nH]c1=O. The summed E-state index contributed by atoms with van der Waals surface area (Å²) in [6.07, 6.45) is -9.94. The molecule has 0 fully saturated rings. The largest absolute Gasteiger partial charge is 0.573 e. The van der Waals surface area contributed by atoms with E-state index in [2.05, 4.69) is 19.4 Å². The lowest BCUT2D eigenvalue weighted by Crippen LogP contribution is -2.24. The monoisotopic (exact) mass is 484 g/mol. The van der Waals surface area contributed by atoms with Crippen LogP contribution in [0.5, 0.6) is 11.5 Å². The highest BCUT2D eigenvalue weighted by molar-refractivity contribution is 6.11. The van der Waals surface area contributed by atoms with E-state index < -0.39 is 52.3 Å². The van der Waals surface area contributed by atoms with Gasteiger partial charge in [-0.2, -0.15) is 0 Å². The molecule has 13 heteroatoms. The zero-order chi connectivity index (χ0) is 24.8. The molecule has 4 rings (SSSR count). The highest BCUT2D eigenvalue weighted by atomic mass is 19.4. The minimum atomic E-state index is -4.97. The number of pyridine rings is 2. The van der Waals surface area contributed by atoms with Gasteiger partial charge in [0, 0.05) is 21.8 Å². The van der Waals surface area contributed by atoms with E-state index in [0.717, 1.165) is 48.5 Å². The third-order valence-electron chi connectivity index (χ3n) is 4.59. The van der Waals surface area contributed by atoms with Gasteiger partial charge in [0.15, 0.2) is 0 Å². The first-order chi connectivity index (χ1) is 15.8. The minimum Gasteiger partial charge on any atom is -0.406 e. The number of ether oxygens (including phenoxy) is 2. The van der Waals surface area contributed by atoms with E-state index in [-0.39, 0.29) is 21.8 Å². The van der Waals surface area contributed by atoms with Crippen LogP contribution in [0.1, 0.15) is 15.9 Å². The summed E-state index contributed by atoms with van der Waals surface area (Å²) in [5, 5.41) is 0.00515. The van der Waals surface area contributed by atoms with Crippen LogP contribution in [0, 0.1) is 0 Å². The average molecular weight is 484 g/mol. The third kappa shape index (κ3) is 4.87. The Kier molecular flexibility index (Phi) is 5.34. The number of aromatic nitrogens is 2. The number of halogens is 6. The van der Waals surface area contributed by atoms with Crippen LogP contribution in [0.4, 0.5) is 26.3 Å². The van der Waals surface area contributed by atoms with Gasteiger partial charge in [-0.3, -0.25) is 14.4 Å². The molecular weight excluding hydrogens is 474 g/mol. The van der Waals surface area contributed by atoms with E-state index in [9.17, 15) is 40.7 Å². The molecule has 34 heavy (non-hydrogen) atoms. The summed E-state index contributed by atoms with van der Waals surface area (Å²) >= 11 is 0. The van der Waals surface area contributed by atoms with Crippen molar-refractivity contribution >= 4 is 27.6 Å². The Hall–Kier alpha value is -4.29. The summed E-state index contributed by atoms with van der Waals surface area (Å²) in [6.45, 7) is 0. The molecule has 0 aliphatic rings. The molecule has 2 aromatic carbocycles. The van der Waals surface area contributed by atoms with Gasteiger partial charge in [0.1, 0.15) is 11.5 Å². The number of nitrogens with one attached hydrogen (secondary N) is 2. The van der Waals surface area contributed by atoms with Crippen molar-refractivity contribution in [3.05, 3.63) is 80.4 Å². The summed E-state index contributed by atoms with van der Waals surface area (Å²) in [7, 11) is 0. The summed E-state index contributed by atoms with van der Waals surface area (Å²) in [4.78, 5) is 42.4. The second-order valence-corrected chi connectivity index (χ2v) is 6.95. The van der Waals surface area contributed by atoms with Gasteiger partial charge < -0.3 is 19.4 Å². The summed E-state index contributed by atoms with van der Waals surface area (Å²) in [6, 6.07) is 8.01. The molecular formula is C21H10F6N2O5. The number of carbonyl (C=O) groups is 1. The summed E-state index contributed by atoms with van der Waals surface area (Å²) in [5.74, 6) is -2.31. The number of ketones is 1. The highest BCUT2D eigenvalue weighted by Gasteiger charge is 2.32. The molecule has 176 valence electrons. The maximum absolute atomic E-state index is 12.9. The van der Waals surface area contributed by atoms with Gasteiger partial charge >= 0.3 is 12.7 Å². The number of fused-ring (bicyclic) bond motifs is 2. The molecule has 2 N–H and O–H groups in total. The van der Waals surface area contributed by atoms with Crippen LogP contribution < -0.4 is 20.6 Å².